The fraction of sp³-hybridized carbons (Fsp3) is 0.312. The Bertz CT molecular complexity index is 569. The van der Waals surface area contributed by atoms with Crippen LogP contribution in [0.5, 0.6) is 5.75 Å². The number of benzene rings is 1. The van der Waals surface area contributed by atoms with Gasteiger partial charge in [-0.2, -0.15) is 0 Å². The van der Waals surface area contributed by atoms with Crippen molar-refractivity contribution in [3.63, 3.8) is 0 Å². The number of nitrogens with zero attached hydrogens (tertiary/aromatic N) is 2. The van der Waals surface area contributed by atoms with Crippen LogP contribution in [0.3, 0.4) is 0 Å². The van der Waals surface area contributed by atoms with Crippen molar-refractivity contribution in [2.45, 2.75) is 13.3 Å². The van der Waals surface area contributed by atoms with Gasteiger partial charge in [-0.25, -0.2) is 4.98 Å². The van der Waals surface area contributed by atoms with E-state index in [1.165, 1.54) is 11.1 Å². The average Bonchev–Trinajstić information content (AvgIpc) is 2.48. The first-order valence-electron chi connectivity index (χ1n) is 6.56. The smallest absolute Gasteiger partial charge is 0.128 e. The third-order valence-electron chi connectivity index (χ3n) is 3.32. The van der Waals surface area contributed by atoms with Crippen LogP contribution in [0.25, 0.3) is 0 Å². The second kappa shape index (κ2) is 6.75. The largest absolute Gasteiger partial charge is 0.497 e. The Kier molecular flexibility index (Phi) is 5.01. The molecular weight excluding hydrogens is 316 g/mol. The molecule has 0 spiro atoms. The van der Waals surface area contributed by atoms with E-state index in [1.807, 2.05) is 18.3 Å². The number of halogens is 1. The molecule has 20 heavy (non-hydrogen) atoms. The van der Waals surface area contributed by atoms with Crippen LogP contribution in [-0.4, -0.2) is 25.7 Å². The molecule has 2 aromatic rings. The standard InChI is InChI=1S/C16H19BrN2O/c1-12-10-16(18-11-15(12)17)19(2)9-8-13-4-6-14(20-3)7-5-13/h4-7,10-11H,8-9H2,1-3H3. The van der Waals surface area contributed by atoms with E-state index in [-0.39, 0.29) is 0 Å². The summed E-state index contributed by atoms with van der Waals surface area (Å²) in [6.07, 6.45) is 2.84. The maximum Gasteiger partial charge on any atom is 0.128 e. The van der Waals surface area contributed by atoms with Gasteiger partial charge in [0, 0.05) is 24.3 Å². The van der Waals surface area contributed by atoms with Crippen LogP contribution in [-0.2, 0) is 6.42 Å². The number of hydrogen-bond acceptors (Lipinski definition) is 3. The Hall–Kier alpha value is -1.55. The minimum atomic E-state index is 0.896. The van der Waals surface area contributed by atoms with Gasteiger partial charge in [0.05, 0.1) is 7.11 Å². The molecule has 0 aliphatic carbocycles. The third-order valence-corrected chi connectivity index (χ3v) is 4.15. The van der Waals surface area contributed by atoms with E-state index in [0.717, 1.165) is 29.0 Å². The molecule has 0 aliphatic heterocycles. The Morgan fingerprint density at radius 2 is 1.95 bits per heavy atom. The maximum absolute atomic E-state index is 5.16. The molecule has 1 heterocycles. The van der Waals surface area contributed by atoms with Crippen LogP contribution < -0.4 is 9.64 Å². The van der Waals surface area contributed by atoms with Gasteiger partial charge < -0.3 is 9.64 Å². The van der Waals surface area contributed by atoms with Crippen LogP contribution in [0.2, 0.25) is 0 Å². The van der Waals surface area contributed by atoms with Crippen molar-refractivity contribution in [1.29, 1.82) is 0 Å². The quantitative estimate of drug-likeness (QED) is 0.830. The summed E-state index contributed by atoms with van der Waals surface area (Å²) in [6, 6.07) is 10.3. The summed E-state index contributed by atoms with van der Waals surface area (Å²) in [5.41, 5.74) is 2.50. The van der Waals surface area contributed by atoms with Crippen molar-refractivity contribution < 1.29 is 4.74 Å². The lowest BCUT2D eigenvalue weighted by atomic mass is 10.1. The minimum absolute atomic E-state index is 0.896. The highest BCUT2D eigenvalue weighted by molar-refractivity contribution is 9.10. The molecule has 0 saturated carbocycles. The van der Waals surface area contributed by atoms with E-state index in [4.69, 9.17) is 4.74 Å². The summed E-state index contributed by atoms with van der Waals surface area (Å²) >= 11 is 3.47. The van der Waals surface area contributed by atoms with Crippen molar-refractivity contribution in [2.75, 3.05) is 25.6 Å². The molecule has 0 saturated heterocycles. The molecule has 2 rings (SSSR count). The van der Waals surface area contributed by atoms with Gasteiger partial charge in [-0.1, -0.05) is 12.1 Å². The van der Waals surface area contributed by atoms with E-state index in [1.54, 1.807) is 7.11 Å². The Labute approximate surface area is 128 Å². The molecular formula is C16H19BrN2O. The van der Waals surface area contributed by atoms with Crippen molar-refractivity contribution in [1.82, 2.24) is 4.98 Å². The first kappa shape index (κ1) is 14.9. The van der Waals surface area contributed by atoms with Crippen LogP contribution in [0.4, 0.5) is 5.82 Å². The summed E-state index contributed by atoms with van der Waals surface area (Å²) in [6.45, 7) is 3.01. The molecule has 106 valence electrons. The Morgan fingerprint density at radius 3 is 2.55 bits per heavy atom. The lowest BCUT2D eigenvalue weighted by Crippen LogP contribution is -2.21. The number of ether oxygens (including phenoxy) is 1. The Morgan fingerprint density at radius 1 is 1.25 bits per heavy atom. The predicted octanol–water partition coefficient (Wildman–Crippen LogP) is 3.84. The summed E-state index contributed by atoms with van der Waals surface area (Å²) in [5.74, 6) is 1.89. The van der Waals surface area contributed by atoms with Crippen LogP contribution in [0, 0.1) is 6.92 Å². The number of hydrogen-bond donors (Lipinski definition) is 0. The number of methoxy groups -OCH3 is 1. The predicted molar refractivity (Wildman–Crippen MR) is 86.6 cm³/mol. The zero-order chi connectivity index (χ0) is 14.5. The number of rotatable bonds is 5. The number of aryl methyl sites for hydroxylation is 1. The monoisotopic (exact) mass is 334 g/mol. The fourth-order valence-electron chi connectivity index (χ4n) is 1.94. The highest BCUT2D eigenvalue weighted by Crippen LogP contribution is 2.19. The normalized spacial score (nSPS) is 10.4. The lowest BCUT2D eigenvalue weighted by Gasteiger charge is -2.19. The van der Waals surface area contributed by atoms with Crippen LogP contribution >= 0.6 is 15.9 Å². The molecule has 1 aromatic carbocycles. The summed E-state index contributed by atoms with van der Waals surface area (Å²) in [5, 5.41) is 0. The van der Waals surface area contributed by atoms with Crippen molar-refractivity contribution in [2.24, 2.45) is 0 Å². The van der Waals surface area contributed by atoms with E-state index in [9.17, 15) is 0 Å². The minimum Gasteiger partial charge on any atom is -0.497 e. The highest BCUT2D eigenvalue weighted by atomic mass is 79.9. The van der Waals surface area contributed by atoms with Crippen LogP contribution in [0.15, 0.2) is 41.0 Å². The second-order valence-electron chi connectivity index (χ2n) is 4.81. The number of likely N-dealkylation sites (N-methyl/N-ethyl adjacent to an activating group) is 1. The molecule has 0 unspecified atom stereocenters. The first-order chi connectivity index (χ1) is 9.60. The molecule has 4 heteroatoms. The van der Waals surface area contributed by atoms with E-state index in [2.05, 4.69) is 58.0 Å². The zero-order valence-electron chi connectivity index (χ0n) is 12.1. The van der Waals surface area contributed by atoms with Gasteiger partial charge in [0.2, 0.25) is 0 Å². The number of anilines is 1. The van der Waals surface area contributed by atoms with E-state index < -0.39 is 0 Å². The number of pyridine rings is 1. The van der Waals surface area contributed by atoms with Crippen molar-refractivity contribution in [3.8, 4) is 5.75 Å². The lowest BCUT2D eigenvalue weighted by molar-refractivity contribution is 0.414. The summed E-state index contributed by atoms with van der Waals surface area (Å²) in [4.78, 5) is 6.61. The molecule has 0 atom stereocenters. The van der Waals surface area contributed by atoms with Gasteiger partial charge in [0.15, 0.2) is 0 Å². The molecule has 0 fully saturated rings. The van der Waals surface area contributed by atoms with Gasteiger partial charge in [0.25, 0.3) is 0 Å². The highest BCUT2D eigenvalue weighted by Gasteiger charge is 2.05. The average molecular weight is 335 g/mol. The number of aromatic nitrogens is 1. The SMILES string of the molecule is COc1ccc(CCN(C)c2cc(C)c(Br)cn2)cc1. The molecule has 1 aromatic heterocycles. The molecule has 0 amide bonds. The third kappa shape index (κ3) is 3.73. The van der Waals surface area contributed by atoms with Gasteiger partial charge in [-0.3, -0.25) is 0 Å². The summed E-state index contributed by atoms with van der Waals surface area (Å²) < 4.78 is 6.21. The Balaban J connectivity index is 1.96. The molecule has 0 N–H and O–H groups in total. The molecule has 3 nitrogen and oxygen atoms in total. The summed E-state index contributed by atoms with van der Waals surface area (Å²) in [7, 11) is 3.75. The van der Waals surface area contributed by atoms with Gasteiger partial charge in [-0.15, -0.1) is 0 Å². The van der Waals surface area contributed by atoms with Gasteiger partial charge in [0.1, 0.15) is 11.6 Å². The topological polar surface area (TPSA) is 25.4 Å². The van der Waals surface area contributed by atoms with Gasteiger partial charge in [-0.05, 0) is 58.6 Å². The molecule has 0 aliphatic rings. The zero-order valence-corrected chi connectivity index (χ0v) is 13.6. The van der Waals surface area contributed by atoms with E-state index >= 15 is 0 Å². The molecule has 0 bridgehead atoms. The van der Waals surface area contributed by atoms with Gasteiger partial charge >= 0.3 is 0 Å². The van der Waals surface area contributed by atoms with Crippen LogP contribution in [0.1, 0.15) is 11.1 Å². The van der Waals surface area contributed by atoms with Crippen molar-refractivity contribution >= 4 is 21.7 Å². The maximum atomic E-state index is 5.16. The van der Waals surface area contributed by atoms with E-state index in [0.29, 0.717) is 0 Å². The second-order valence-corrected chi connectivity index (χ2v) is 5.67. The molecule has 0 radical (unpaired) electrons. The first-order valence-corrected chi connectivity index (χ1v) is 7.35. The fourth-order valence-corrected chi connectivity index (χ4v) is 2.15. The van der Waals surface area contributed by atoms with Crippen molar-refractivity contribution in [3.05, 3.63) is 52.1 Å².